The fourth-order valence-corrected chi connectivity index (χ4v) is 1.82. The lowest BCUT2D eigenvalue weighted by atomic mass is 10.0. The predicted molar refractivity (Wildman–Crippen MR) is 70.9 cm³/mol. The highest BCUT2D eigenvalue weighted by Gasteiger charge is 2.12. The molecule has 0 saturated carbocycles. The molecule has 0 aliphatic rings. The first-order valence-electron chi connectivity index (χ1n) is 6.69. The van der Waals surface area contributed by atoms with Crippen molar-refractivity contribution >= 4 is 0 Å². The molecule has 1 unspecified atom stereocenters. The third-order valence-electron chi connectivity index (χ3n) is 3.16. The lowest BCUT2D eigenvalue weighted by molar-refractivity contribution is 0.216. The first-order chi connectivity index (χ1) is 8.72. The van der Waals surface area contributed by atoms with Crippen molar-refractivity contribution in [2.75, 3.05) is 6.61 Å². The zero-order chi connectivity index (χ0) is 13.4. The van der Waals surface area contributed by atoms with Crippen LogP contribution in [0.3, 0.4) is 0 Å². The maximum atomic E-state index is 13.8. The van der Waals surface area contributed by atoms with Crippen molar-refractivity contribution in [3.63, 3.8) is 0 Å². The maximum Gasteiger partial charge on any atom is 0.250 e. The summed E-state index contributed by atoms with van der Waals surface area (Å²) in [7, 11) is 0. The van der Waals surface area contributed by atoms with E-state index in [1.165, 1.54) is 19.0 Å². The number of hydrogen-bond acceptors (Lipinski definition) is 3. The van der Waals surface area contributed by atoms with Crippen molar-refractivity contribution in [1.82, 2.24) is 4.98 Å². The van der Waals surface area contributed by atoms with Gasteiger partial charge in [-0.3, -0.25) is 0 Å². The third kappa shape index (κ3) is 4.26. The smallest absolute Gasteiger partial charge is 0.250 e. The highest BCUT2D eigenvalue weighted by Crippen LogP contribution is 2.19. The summed E-state index contributed by atoms with van der Waals surface area (Å²) in [6.45, 7) is 4.98. The lowest BCUT2D eigenvalue weighted by Gasteiger charge is -2.15. The number of ether oxygens (including phenoxy) is 1. The molecule has 0 fully saturated rings. The molecule has 0 spiro atoms. The van der Waals surface area contributed by atoms with Gasteiger partial charge < -0.3 is 10.5 Å². The van der Waals surface area contributed by atoms with E-state index < -0.39 is 5.82 Å². The van der Waals surface area contributed by atoms with E-state index >= 15 is 0 Å². The number of pyridine rings is 1. The quantitative estimate of drug-likeness (QED) is 0.774. The lowest BCUT2D eigenvalue weighted by Crippen LogP contribution is -2.13. The summed E-state index contributed by atoms with van der Waals surface area (Å²) in [6.07, 6.45) is 6.05. The van der Waals surface area contributed by atoms with Crippen molar-refractivity contribution in [1.29, 1.82) is 0 Å². The molecule has 2 N–H and O–H groups in total. The molecule has 1 rings (SSSR count). The Kier molecular flexibility index (Phi) is 6.65. The fourth-order valence-electron chi connectivity index (χ4n) is 1.82. The SMILES string of the molecule is CCCCC(CC)COc1nccc(CN)c1F. The van der Waals surface area contributed by atoms with Gasteiger partial charge in [0, 0.05) is 18.3 Å². The van der Waals surface area contributed by atoms with E-state index in [4.69, 9.17) is 10.5 Å². The molecule has 0 bridgehead atoms. The average molecular weight is 254 g/mol. The number of unbranched alkanes of at least 4 members (excludes halogenated alkanes) is 1. The van der Waals surface area contributed by atoms with Crippen LogP contribution >= 0.6 is 0 Å². The Morgan fingerprint density at radius 3 is 2.83 bits per heavy atom. The van der Waals surface area contributed by atoms with E-state index in [2.05, 4.69) is 18.8 Å². The van der Waals surface area contributed by atoms with Gasteiger partial charge in [-0.15, -0.1) is 0 Å². The monoisotopic (exact) mass is 254 g/mol. The summed E-state index contributed by atoms with van der Waals surface area (Å²) < 4.78 is 19.3. The van der Waals surface area contributed by atoms with E-state index in [0.717, 1.165) is 12.8 Å². The standard InChI is InChI=1S/C14H23FN2O/c1-3-5-6-11(4-2)10-18-14-13(15)12(9-16)7-8-17-14/h7-8,11H,3-6,9-10,16H2,1-2H3. The Labute approximate surface area is 109 Å². The first kappa shape index (κ1) is 14.9. The van der Waals surface area contributed by atoms with E-state index in [1.807, 2.05) is 0 Å². The summed E-state index contributed by atoms with van der Waals surface area (Å²) in [5, 5.41) is 0. The van der Waals surface area contributed by atoms with E-state index in [-0.39, 0.29) is 12.4 Å². The van der Waals surface area contributed by atoms with Gasteiger partial charge in [-0.2, -0.15) is 0 Å². The van der Waals surface area contributed by atoms with E-state index in [0.29, 0.717) is 18.1 Å². The Bertz CT molecular complexity index is 358. The minimum Gasteiger partial charge on any atom is -0.475 e. The molecule has 18 heavy (non-hydrogen) atoms. The zero-order valence-corrected chi connectivity index (χ0v) is 11.3. The van der Waals surface area contributed by atoms with Gasteiger partial charge in [-0.25, -0.2) is 9.37 Å². The van der Waals surface area contributed by atoms with Crippen molar-refractivity contribution in [2.24, 2.45) is 11.7 Å². The van der Waals surface area contributed by atoms with Gasteiger partial charge in [0.15, 0.2) is 5.82 Å². The molecule has 4 heteroatoms. The summed E-state index contributed by atoms with van der Waals surface area (Å²) in [6, 6.07) is 1.58. The van der Waals surface area contributed by atoms with Crippen LogP contribution in [0.1, 0.15) is 45.1 Å². The second-order valence-corrected chi connectivity index (χ2v) is 4.52. The van der Waals surface area contributed by atoms with Crippen molar-refractivity contribution in [3.8, 4) is 5.88 Å². The zero-order valence-electron chi connectivity index (χ0n) is 11.3. The van der Waals surface area contributed by atoms with Gasteiger partial charge in [0.05, 0.1) is 6.61 Å². The average Bonchev–Trinajstić information content (AvgIpc) is 2.40. The number of halogens is 1. The highest BCUT2D eigenvalue weighted by molar-refractivity contribution is 5.23. The van der Waals surface area contributed by atoms with Gasteiger partial charge in [0.2, 0.25) is 0 Å². The molecule has 1 aromatic rings. The second kappa shape index (κ2) is 8.03. The van der Waals surface area contributed by atoms with E-state index in [1.54, 1.807) is 6.07 Å². The Morgan fingerprint density at radius 1 is 1.44 bits per heavy atom. The van der Waals surface area contributed by atoms with Gasteiger partial charge in [0.1, 0.15) is 0 Å². The van der Waals surface area contributed by atoms with Gasteiger partial charge in [-0.05, 0) is 18.4 Å². The Hall–Kier alpha value is -1.16. The minimum absolute atomic E-state index is 0.0768. The van der Waals surface area contributed by atoms with Crippen molar-refractivity contribution in [3.05, 3.63) is 23.6 Å². The molecule has 0 aliphatic carbocycles. The molecule has 0 amide bonds. The number of nitrogens with two attached hydrogens (primary N) is 1. The normalized spacial score (nSPS) is 12.4. The summed E-state index contributed by atoms with van der Waals surface area (Å²) in [5.41, 5.74) is 5.89. The van der Waals surface area contributed by atoms with Crippen LogP contribution in [-0.2, 0) is 6.54 Å². The van der Waals surface area contributed by atoms with Crippen LogP contribution in [0.15, 0.2) is 12.3 Å². The summed E-state index contributed by atoms with van der Waals surface area (Å²) in [4.78, 5) is 3.92. The van der Waals surface area contributed by atoms with E-state index in [9.17, 15) is 4.39 Å². The maximum absolute atomic E-state index is 13.8. The molecular formula is C14H23FN2O. The van der Waals surface area contributed by atoms with Gasteiger partial charge >= 0.3 is 0 Å². The molecule has 0 radical (unpaired) electrons. The third-order valence-corrected chi connectivity index (χ3v) is 3.16. The molecule has 0 aliphatic heterocycles. The molecule has 1 aromatic heterocycles. The fraction of sp³-hybridized carbons (Fsp3) is 0.643. The van der Waals surface area contributed by atoms with Crippen molar-refractivity contribution < 1.29 is 9.13 Å². The molecule has 1 atom stereocenters. The molecule has 0 saturated heterocycles. The number of hydrogen-bond donors (Lipinski definition) is 1. The van der Waals surface area contributed by atoms with Crippen LogP contribution in [0, 0.1) is 11.7 Å². The number of nitrogens with zero attached hydrogens (tertiary/aromatic N) is 1. The number of rotatable bonds is 8. The van der Waals surface area contributed by atoms with Gasteiger partial charge in [-0.1, -0.05) is 33.1 Å². The summed E-state index contributed by atoms with van der Waals surface area (Å²) >= 11 is 0. The van der Waals surface area contributed by atoms with Crippen molar-refractivity contribution in [2.45, 2.75) is 46.1 Å². The molecule has 102 valence electrons. The second-order valence-electron chi connectivity index (χ2n) is 4.52. The number of aromatic nitrogens is 1. The van der Waals surface area contributed by atoms with Crippen LogP contribution < -0.4 is 10.5 Å². The molecular weight excluding hydrogens is 231 g/mol. The minimum atomic E-state index is -0.426. The molecule has 0 aromatic carbocycles. The topological polar surface area (TPSA) is 48.1 Å². The van der Waals surface area contributed by atoms with Gasteiger partial charge in [0.25, 0.3) is 5.88 Å². The summed E-state index contributed by atoms with van der Waals surface area (Å²) in [5.74, 6) is 0.117. The molecule has 1 heterocycles. The Morgan fingerprint density at radius 2 is 2.22 bits per heavy atom. The molecule has 3 nitrogen and oxygen atoms in total. The largest absolute Gasteiger partial charge is 0.475 e. The van der Waals surface area contributed by atoms with Crippen LogP contribution in [0.25, 0.3) is 0 Å². The van der Waals surface area contributed by atoms with Crippen LogP contribution in [0.5, 0.6) is 5.88 Å². The highest BCUT2D eigenvalue weighted by atomic mass is 19.1. The van der Waals surface area contributed by atoms with Crippen LogP contribution in [0.4, 0.5) is 4.39 Å². The Balaban J connectivity index is 2.56. The first-order valence-corrected chi connectivity index (χ1v) is 6.69. The van der Waals surface area contributed by atoms with Crippen LogP contribution in [-0.4, -0.2) is 11.6 Å². The predicted octanol–water partition coefficient (Wildman–Crippen LogP) is 3.27. The van der Waals surface area contributed by atoms with Crippen LogP contribution in [0.2, 0.25) is 0 Å².